The van der Waals surface area contributed by atoms with E-state index in [4.69, 9.17) is 15.8 Å². The van der Waals surface area contributed by atoms with Crippen LogP contribution >= 0.6 is 0 Å². The molecule has 40 valence electrons. The molecule has 0 aliphatic rings. The molecule has 0 spiro atoms. The molecular formula is C2H6BNO3. The van der Waals surface area contributed by atoms with Crippen LogP contribution in [0.25, 0.3) is 0 Å². The van der Waals surface area contributed by atoms with E-state index in [1.54, 1.807) is 0 Å². The van der Waals surface area contributed by atoms with Crippen molar-refractivity contribution in [3.63, 3.8) is 0 Å². The molecule has 0 aromatic carbocycles. The Balaban J connectivity index is 3.35. The highest BCUT2D eigenvalue weighted by molar-refractivity contribution is 6.78. The van der Waals surface area contributed by atoms with Crippen LogP contribution in [0, 0.1) is 0 Å². The van der Waals surface area contributed by atoms with Gasteiger partial charge >= 0.3 is 7.12 Å². The predicted molar refractivity (Wildman–Crippen MR) is 24.3 cm³/mol. The molecule has 0 aliphatic carbocycles. The normalized spacial score (nSPS) is 8.43. The summed E-state index contributed by atoms with van der Waals surface area (Å²) in [7, 11) is -1.90. The first-order chi connectivity index (χ1) is 3.18. The highest BCUT2D eigenvalue weighted by atomic mass is 16.4. The molecule has 0 aromatic rings. The average molecular weight is 103 g/mol. The zero-order valence-electron chi connectivity index (χ0n) is 3.66. The Morgan fingerprint density at radius 2 is 2.14 bits per heavy atom. The van der Waals surface area contributed by atoms with Gasteiger partial charge in [0.25, 0.3) is 0 Å². The quantitative estimate of drug-likeness (QED) is 0.338. The largest absolute Gasteiger partial charge is 0.528 e. The summed E-state index contributed by atoms with van der Waals surface area (Å²) in [5, 5.41) is 15.9. The standard InChI is InChI=1S/C2H6BNO3/c4-1-2(5)3(6)7/h6-7H,1,4H2. The van der Waals surface area contributed by atoms with Gasteiger partial charge in [0.05, 0.1) is 0 Å². The summed E-state index contributed by atoms with van der Waals surface area (Å²) in [4.78, 5) is 9.89. The Morgan fingerprint density at radius 1 is 1.71 bits per heavy atom. The van der Waals surface area contributed by atoms with E-state index in [0.29, 0.717) is 0 Å². The van der Waals surface area contributed by atoms with Crippen LogP contribution in [0.4, 0.5) is 0 Å². The highest BCUT2D eigenvalue weighted by Crippen LogP contribution is 1.66. The maximum absolute atomic E-state index is 9.89. The molecule has 0 heterocycles. The number of hydrogen-bond acceptors (Lipinski definition) is 4. The van der Waals surface area contributed by atoms with E-state index >= 15 is 0 Å². The van der Waals surface area contributed by atoms with Crippen molar-refractivity contribution in [2.24, 2.45) is 5.73 Å². The first-order valence-corrected chi connectivity index (χ1v) is 1.77. The van der Waals surface area contributed by atoms with Crippen molar-refractivity contribution in [1.29, 1.82) is 0 Å². The lowest BCUT2D eigenvalue weighted by Crippen LogP contribution is -2.31. The molecule has 0 saturated heterocycles. The van der Waals surface area contributed by atoms with Crippen molar-refractivity contribution < 1.29 is 14.8 Å². The fraction of sp³-hybridized carbons (Fsp3) is 0.500. The molecule has 4 nitrogen and oxygen atoms in total. The zero-order chi connectivity index (χ0) is 5.86. The van der Waals surface area contributed by atoms with Crippen molar-refractivity contribution in [2.45, 2.75) is 0 Å². The minimum atomic E-state index is -1.90. The highest BCUT2D eigenvalue weighted by Gasteiger charge is 2.15. The summed E-state index contributed by atoms with van der Waals surface area (Å²) in [6.07, 6.45) is 0. The second-order valence-corrected chi connectivity index (χ2v) is 1.04. The second-order valence-electron chi connectivity index (χ2n) is 1.04. The maximum atomic E-state index is 9.89. The molecular weight excluding hydrogens is 96.8 g/mol. The van der Waals surface area contributed by atoms with Gasteiger partial charge in [0.2, 0.25) is 0 Å². The van der Waals surface area contributed by atoms with Crippen LogP contribution in [0.2, 0.25) is 0 Å². The zero-order valence-corrected chi connectivity index (χ0v) is 3.66. The molecule has 0 radical (unpaired) electrons. The number of hydrogen-bond donors (Lipinski definition) is 3. The van der Waals surface area contributed by atoms with Gasteiger partial charge in [0.15, 0.2) is 5.68 Å². The summed E-state index contributed by atoms with van der Waals surface area (Å²) in [6, 6.07) is 0. The third-order valence-electron chi connectivity index (χ3n) is 0.489. The van der Waals surface area contributed by atoms with Gasteiger partial charge in [0.1, 0.15) is 0 Å². The summed E-state index contributed by atoms with van der Waals surface area (Å²) in [5.41, 5.74) is 3.94. The number of carbonyl (C=O) groups excluding carboxylic acids is 1. The minimum Gasteiger partial charge on any atom is -0.421 e. The van der Waals surface area contributed by atoms with Gasteiger partial charge in [-0.25, -0.2) is 0 Å². The minimum absolute atomic E-state index is 0.322. The average Bonchev–Trinajstić information content (AvgIpc) is 1.65. The van der Waals surface area contributed by atoms with Gasteiger partial charge in [-0.2, -0.15) is 0 Å². The molecule has 7 heavy (non-hydrogen) atoms. The third-order valence-corrected chi connectivity index (χ3v) is 0.489. The van der Waals surface area contributed by atoms with Crippen molar-refractivity contribution in [3.8, 4) is 0 Å². The Bertz CT molecular complexity index is 73.3. The number of nitrogens with two attached hydrogens (primary N) is 1. The lowest BCUT2D eigenvalue weighted by Gasteiger charge is -1.88. The summed E-state index contributed by atoms with van der Waals surface area (Å²) in [5.74, 6) is 0. The molecule has 0 unspecified atom stereocenters. The predicted octanol–water partition coefficient (Wildman–Crippen LogP) is -2.47. The summed E-state index contributed by atoms with van der Waals surface area (Å²) < 4.78 is 0. The smallest absolute Gasteiger partial charge is 0.421 e. The molecule has 0 rings (SSSR count). The fourth-order valence-electron chi connectivity index (χ4n) is 0.105. The van der Waals surface area contributed by atoms with E-state index in [1.165, 1.54) is 0 Å². The van der Waals surface area contributed by atoms with Gasteiger partial charge in [0, 0.05) is 6.54 Å². The monoisotopic (exact) mass is 103 g/mol. The van der Waals surface area contributed by atoms with Crippen LogP contribution in [0.3, 0.4) is 0 Å². The van der Waals surface area contributed by atoms with E-state index in [0.717, 1.165) is 0 Å². The molecule has 0 aromatic heterocycles. The Labute approximate surface area is 41.1 Å². The van der Waals surface area contributed by atoms with E-state index in [-0.39, 0.29) is 6.54 Å². The van der Waals surface area contributed by atoms with Gasteiger partial charge in [-0.05, 0) is 0 Å². The van der Waals surface area contributed by atoms with Crippen LogP contribution in [-0.4, -0.2) is 29.4 Å². The second kappa shape index (κ2) is 2.73. The Hall–Kier alpha value is -0.385. The first-order valence-electron chi connectivity index (χ1n) is 1.77. The van der Waals surface area contributed by atoms with Crippen molar-refractivity contribution >= 4 is 12.8 Å². The SMILES string of the molecule is NCC(=O)B(O)O. The molecule has 0 aliphatic heterocycles. The fourth-order valence-corrected chi connectivity index (χ4v) is 0.105. The number of carbonyl (C=O) groups is 1. The van der Waals surface area contributed by atoms with E-state index in [9.17, 15) is 4.79 Å². The summed E-state index contributed by atoms with van der Waals surface area (Å²) >= 11 is 0. The molecule has 5 heteroatoms. The van der Waals surface area contributed by atoms with E-state index < -0.39 is 12.8 Å². The Kier molecular flexibility index (Phi) is 2.58. The molecule has 4 N–H and O–H groups in total. The van der Waals surface area contributed by atoms with Crippen molar-refractivity contribution in [3.05, 3.63) is 0 Å². The van der Waals surface area contributed by atoms with Crippen LogP contribution < -0.4 is 5.73 Å². The van der Waals surface area contributed by atoms with Crippen LogP contribution in [0.5, 0.6) is 0 Å². The van der Waals surface area contributed by atoms with Gasteiger partial charge in [-0.1, -0.05) is 0 Å². The van der Waals surface area contributed by atoms with Gasteiger partial charge in [-0.3, -0.25) is 0 Å². The Morgan fingerprint density at radius 3 is 2.14 bits per heavy atom. The topological polar surface area (TPSA) is 83.6 Å². The maximum Gasteiger partial charge on any atom is 0.528 e. The van der Waals surface area contributed by atoms with Crippen LogP contribution in [-0.2, 0) is 4.79 Å². The summed E-state index contributed by atoms with van der Waals surface area (Å²) in [6.45, 7) is -0.322. The lowest BCUT2D eigenvalue weighted by atomic mass is 9.85. The molecule has 0 bridgehead atoms. The third kappa shape index (κ3) is 2.33. The van der Waals surface area contributed by atoms with Crippen LogP contribution in [0.1, 0.15) is 0 Å². The van der Waals surface area contributed by atoms with Crippen molar-refractivity contribution in [2.75, 3.05) is 6.54 Å². The number of rotatable bonds is 2. The van der Waals surface area contributed by atoms with E-state index in [2.05, 4.69) is 0 Å². The van der Waals surface area contributed by atoms with Crippen LogP contribution in [0.15, 0.2) is 0 Å². The van der Waals surface area contributed by atoms with Gasteiger partial charge in [-0.15, -0.1) is 0 Å². The first kappa shape index (κ1) is 6.61. The van der Waals surface area contributed by atoms with E-state index in [1.807, 2.05) is 0 Å². The molecule has 0 amide bonds. The lowest BCUT2D eigenvalue weighted by molar-refractivity contribution is -0.113. The molecule has 0 fully saturated rings. The molecule has 0 atom stereocenters. The van der Waals surface area contributed by atoms with Gasteiger partial charge < -0.3 is 20.6 Å². The van der Waals surface area contributed by atoms with Crippen molar-refractivity contribution in [1.82, 2.24) is 0 Å². The molecule has 0 saturated carbocycles.